The van der Waals surface area contributed by atoms with E-state index in [4.69, 9.17) is 4.74 Å². The number of hydrogen-bond acceptors (Lipinski definition) is 3. The van der Waals surface area contributed by atoms with Crippen LogP contribution in [0.4, 0.5) is 11.4 Å². The zero-order valence-electron chi connectivity index (χ0n) is 16.4. The Kier molecular flexibility index (Phi) is 7.37. The number of amides is 2. The molecule has 3 N–H and O–H groups in total. The fourth-order valence-corrected chi connectivity index (χ4v) is 2.71. The van der Waals surface area contributed by atoms with Crippen LogP contribution in [0.1, 0.15) is 18.1 Å². The fourth-order valence-electron chi connectivity index (χ4n) is 2.71. The van der Waals surface area contributed by atoms with Crippen LogP contribution in [0, 0.1) is 13.8 Å². The fraction of sp³-hybridized carbons (Fsp3) is 0.333. The van der Waals surface area contributed by atoms with Crippen LogP contribution < -0.4 is 20.3 Å². The number of methoxy groups -OCH3 is 1. The van der Waals surface area contributed by atoms with Gasteiger partial charge >= 0.3 is 0 Å². The van der Waals surface area contributed by atoms with Crippen molar-refractivity contribution in [2.75, 3.05) is 37.4 Å². The molecular weight excluding hydrogens is 342 g/mol. The van der Waals surface area contributed by atoms with Gasteiger partial charge in [0.25, 0.3) is 11.8 Å². The minimum atomic E-state index is -0.128. The van der Waals surface area contributed by atoms with Crippen molar-refractivity contribution in [2.24, 2.45) is 0 Å². The van der Waals surface area contributed by atoms with Crippen LogP contribution in [0.2, 0.25) is 0 Å². The van der Waals surface area contributed by atoms with Crippen molar-refractivity contribution in [2.45, 2.75) is 20.8 Å². The molecule has 0 aliphatic carbocycles. The van der Waals surface area contributed by atoms with Crippen molar-refractivity contribution in [3.8, 4) is 5.75 Å². The Morgan fingerprint density at radius 3 is 2.19 bits per heavy atom. The summed E-state index contributed by atoms with van der Waals surface area (Å²) in [5.41, 5.74) is 3.63. The lowest BCUT2D eigenvalue weighted by molar-refractivity contribution is -0.881. The van der Waals surface area contributed by atoms with E-state index in [1.54, 1.807) is 31.4 Å². The average molecular weight is 370 g/mol. The number of rotatable bonds is 8. The first-order chi connectivity index (χ1) is 12.9. The minimum absolute atomic E-state index is 0.0993. The van der Waals surface area contributed by atoms with Gasteiger partial charge in [0.2, 0.25) is 0 Å². The summed E-state index contributed by atoms with van der Waals surface area (Å²) in [6.07, 6.45) is 0. The van der Waals surface area contributed by atoms with Gasteiger partial charge in [0.05, 0.1) is 13.7 Å². The van der Waals surface area contributed by atoms with Crippen molar-refractivity contribution in [1.82, 2.24) is 0 Å². The Labute approximate surface area is 160 Å². The number of hydrogen-bond donors (Lipinski definition) is 3. The van der Waals surface area contributed by atoms with Gasteiger partial charge in [-0.1, -0.05) is 12.1 Å². The molecule has 1 atom stereocenters. The van der Waals surface area contributed by atoms with Crippen molar-refractivity contribution in [3.05, 3.63) is 53.6 Å². The molecule has 0 fully saturated rings. The highest BCUT2D eigenvalue weighted by Gasteiger charge is 2.17. The minimum Gasteiger partial charge on any atom is -0.497 e. The molecule has 1 unspecified atom stereocenters. The van der Waals surface area contributed by atoms with Gasteiger partial charge in [0.1, 0.15) is 5.75 Å². The van der Waals surface area contributed by atoms with Gasteiger partial charge in [0.15, 0.2) is 13.1 Å². The molecule has 2 rings (SSSR count). The maximum Gasteiger partial charge on any atom is 0.279 e. The summed E-state index contributed by atoms with van der Waals surface area (Å²) < 4.78 is 5.10. The Bertz CT molecular complexity index is 788. The maximum atomic E-state index is 12.4. The van der Waals surface area contributed by atoms with Gasteiger partial charge in [0, 0.05) is 11.4 Å². The molecule has 0 saturated heterocycles. The third kappa shape index (κ3) is 6.42. The lowest BCUT2D eigenvalue weighted by Gasteiger charge is -2.17. The number of ether oxygens (including phenoxy) is 1. The molecule has 0 spiro atoms. The van der Waals surface area contributed by atoms with E-state index in [9.17, 15) is 9.59 Å². The van der Waals surface area contributed by atoms with Crippen LogP contribution >= 0.6 is 0 Å². The Morgan fingerprint density at radius 1 is 0.963 bits per heavy atom. The number of quaternary nitrogens is 1. The van der Waals surface area contributed by atoms with E-state index in [0.29, 0.717) is 12.2 Å². The summed E-state index contributed by atoms with van der Waals surface area (Å²) in [6, 6.07) is 13.1. The van der Waals surface area contributed by atoms with Gasteiger partial charge in [-0.15, -0.1) is 0 Å². The second kappa shape index (κ2) is 9.73. The zero-order chi connectivity index (χ0) is 19.8. The molecule has 0 aromatic heterocycles. The van der Waals surface area contributed by atoms with Crippen LogP contribution in [-0.2, 0) is 9.59 Å². The summed E-state index contributed by atoms with van der Waals surface area (Å²) in [5.74, 6) is 0.506. The van der Waals surface area contributed by atoms with E-state index in [1.165, 1.54) is 0 Å². The number of carbonyl (C=O) groups excluding carboxylic acids is 2. The van der Waals surface area contributed by atoms with Crippen LogP contribution in [0.15, 0.2) is 42.5 Å². The van der Waals surface area contributed by atoms with Gasteiger partial charge in [-0.05, 0) is 62.2 Å². The summed E-state index contributed by atoms with van der Waals surface area (Å²) in [7, 11) is 1.60. The lowest BCUT2D eigenvalue weighted by atomic mass is 10.1. The summed E-state index contributed by atoms with van der Waals surface area (Å²) >= 11 is 0. The van der Waals surface area contributed by atoms with Crippen molar-refractivity contribution in [1.29, 1.82) is 0 Å². The summed E-state index contributed by atoms with van der Waals surface area (Å²) in [6.45, 7) is 7.05. The van der Waals surface area contributed by atoms with Gasteiger partial charge in [-0.2, -0.15) is 0 Å². The molecule has 0 aliphatic heterocycles. The highest BCUT2D eigenvalue weighted by atomic mass is 16.5. The molecule has 0 bridgehead atoms. The highest BCUT2D eigenvalue weighted by Crippen LogP contribution is 2.16. The topological polar surface area (TPSA) is 71.9 Å². The summed E-state index contributed by atoms with van der Waals surface area (Å²) in [5, 5.41) is 5.80. The predicted octanol–water partition coefficient (Wildman–Crippen LogP) is 1.79. The number of aryl methyl sites for hydroxylation is 2. The van der Waals surface area contributed by atoms with E-state index < -0.39 is 0 Å². The van der Waals surface area contributed by atoms with Crippen LogP contribution in [0.25, 0.3) is 0 Å². The molecule has 2 aromatic carbocycles. The predicted molar refractivity (Wildman–Crippen MR) is 107 cm³/mol. The number of likely N-dealkylation sites (N-methyl/N-ethyl adjacent to an activating group) is 1. The Hall–Kier alpha value is -2.86. The van der Waals surface area contributed by atoms with Crippen LogP contribution in [0.3, 0.4) is 0 Å². The first-order valence-corrected chi connectivity index (χ1v) is 9.05. The maximum absolute atomic E-state index is 12.4. The normalized spacial score (nSPS) is 11.6. The van der Waals surface area contributed by atoms with Crippen molar-refractivity contribution in [3.63, 3.8) is 0 Å². The first kappa shape index (κ1) is 20.5. The smallest absolute Gasteiger partial charge is 0.279 e. The standard InChI is InChI=1S/C21H27N3O3/c1-5-24(13-20(25)22-17-8-10-18(27-4)11-9-17)14-21(26)23-19-12-15(2)6-7-16(19)3/h6-12H,5,13-14H2,1-4H3,(H,22,25)(H,23,26)/p+1. The Morgan fingerprint density at radius 2 is 1.59 bits per heavy atom. The molecule has 144 valence electrons. The van der Waals surface area contributed by atoms with Gasteiger partial charge < -0.3 is 20.3 Å². The second-order valence-corrected chi connectivity index (χ2v) is 6.60. The first-order valence-electron chi connectivity index (χ1n) is 9.05. The average Bonchev–Trinajstić information content (AvgIpc) is 2.64. The SMILES string of the molecule is CC[NH+](CC(=O)Nc1ccc(OC)cc1)CC(=O)Nc1cc(C)ccc1C. The summed E-state index contributed by atoms with van der Waals surface area (Å²) in [4.78, 5) is 25.6. The van der Waals surface area contributed by atoms with Gasteiger partial charge in [-0.25, -0.2) is 0 Å². The van der Waals surface area contributed by atoms with E-state index in [1.807, 2.05) is 39.0 Å². The Balaban J connectivity index is 1.88. The van der Waals surface area contributed by atoms with E-state index in [0.717, 1.165) is 27.5 Å². The third-order valence-corrected chi connectivity index (χ3v) is 4.36. The van der Waals surface area contributed by atoms with Crippen molar-refractivity contribution < 1.29 is 19.2 Å². The number of nitrogens with one attached hydrogen (secondary N) is 3. The third-order valence-electron chi connectivity index (χ3n) is 4.36. The molecule has 0 aliphatic rings. The molecule has 0 heterocycles. The zero-order valence-corrected chi connectivity index (χ0v) is 16.4. The molecule has 2 aromatic rings. The second-order valence-electron chi connectivity index (χ2n) is 6.60. The quantitative estimate of drug-likeness (QED) is 0.663. The highest BCUT2D eigenvalue weighted by molar-refractivity contribution is 5.93. The molecule has 27 heavy (non-hydrogen) atoms. The molecule has 0 saturated carbocycles. The number of anilines is 2. The largest absolute Gasteiger partial charge is 0.497 e. The van der Waals surface area contributed by atoms with E-state index >= 15 is 0 Å². The van der Waals surface area contributed by atoms with E-state index in [2.05, 4.69) is 10.6 Å². The van der Waals surface area contributed by atoms with Crippen molar-refractivity contribution >= 4 is 23.2 Å². The van der Waals surface area contributed by atoms with Gasteiger partial charge in [-0.3, -0.25) is 9.59 Å². The molecule has 6 nitrogen and oxygen atoms in total. The number of carbonyl (C=O) groups is 2. The molecular formula is C21H28N3O3+. The van der Waals surface area contributed by atoms with Crippen LogP contribution in [-0.4, -0.2) is 38.6 Å². The molecule has 0 radical (unpaired) electrons. The molecule has 6 heteroatoms. The molecule has 2 amide bonds. The number of benzene rings is 2. The lowest BCUT2D eigenvalue weighted by Crippen LogP contribution is -3.13. The monoisotopic (exact) mass is 370 g/mol. The van der Waals surface area contributed by atoms with E-state index in [-0.39, 0.29) is 24.9 Å². The van der Waals surface area contributed by atoms with Crippen LogP contribution in [0.5, 0.6) is 5.75 Å².